The highest BCUT2D eigenvalue weighted by Crippen LogP contribution is 2.24. The normalized spacial score (nSPS) is 12.2. The average Bonchev–Trinajstić information content (AvgIpc) is 2.52. The molecule has 21 heavy (non-hydrogen) atoms. The minimum atomic E-state index is -0.384. The fraction of sp³-hybridized carbons (Fsp3) is 0.294. The van der Waals surface area contributed by atoms with E-state index in [0.29, 0.717) is 0 Å². The van der Waals surface area contributed by atoms with Crippen LogP contribution in [0.15, 0.2) is 42.5 Å². The van der Waals surface area contributed by atoms with E-state index >= 15 is 0 Å². The number of benzene rings is 2. The lowest BCUT2D eigenvalue weighted by Gasteiger charge is -2.17. The van der Waals surface area contributed by atoms with Gasteiger partial charge in [0.2, 0.25) is 0 Å². The number of rotatable bonds is 6. The molecule has 0 heterocycles. The highest BCUT2D eigenvalue weighted by atomic mass is 35.5. The molecule has 1 atom stereocenters. The van der Waals surface area contributed by atoms with Crippen LogP contribution in [0.4, 0.5) is 4.39 Å². The van der Waals surface area contributed by atoms with Crippen LogP contribution in [0.2, 0.25) is 5.02 Å². The van der Waals surface area contributed by atoms with Gasteiger partial charge in [-0.3, -0.25) is 0 Å². The molecule has 0 saturated heterocycles. The summed E-state index contributed by atoms with van der Waals surface area (Å²) >= 11 is 5.85. The van der Waals surface area contributed by atoms with Crippen LogP contribution < -0.4 is 10.1 Å². The highest BCUT2D eigenvalue weighted by molar-refractivity contribution is 6.30. The van der Waals surface area contributed by atoms with E-state index in [4.69, 9.17) is 16.3 Å². The summed E-state index contributed by atoms with van der Waals surface area (Å²) in [7, 11) is 3.56. The van der Waals surface area contributed by atoms with Crippen LogP contribution in [-0.4, -0.2) is 14.2 Å². The van der Waals surface area contributed by atoms with Crippen LogP contribution in [0.1, 0.15) is 23.6 Å². The lowest BCUT2D eigenvalue weighted by Crippen LogP contribution is -2.17. The van der Waals surface area contributed by atoms with Crippen molar-refractivity contribution < 1.29 is 9.13 Å². The molecule has 1 unspecified atom stereocenters. The standard InChI is InChI=1S/C17H19ClFNO/c1-20-17(13-6-9-16(19)15(18)11-13)10-5-12-3-7-14(21-2)8-4-12/h3-4,6-9,11,17,20H,5,10H2,1-2H3. The van der Waals surface area contributed by atoms with Gasteiger partial charge in [0.1, 0.15) is 11.6 Å². The Kier molecular flexibility index (Phi) is 5.59. The fourth-order valence-electron chi connectivity index (χ4n) is 2.31. The first kappa shape index (κ1) is 15.8. The number of methoxy groups -OCH3 is 1. The molecule has 0 saturated carbocycles. The van der Waals surface area contributed by atoms with Crippen LogP contribution in [0, 0.1) is 5.82 Å². The highest BCUT2D eigenvalue weighted by Gasteiger charge is 2.11. The van der Waals surface area contributed by atoms with E-state index in [0.717, 1.165) is 24.2 Å². The molecule has 1 N–H and O–H groups in total. The van der Waals surface area contributed by atoms with Gasteiger partial charge in [0, 0.05) is 6.04 Å². The maximum Gasteiger partial charge on any atom is 0.141 e. The van der Waals surface area contributed by atoms with E-state index in [9.17, 15) is 4.39 Å². The maximum absolute atomic E-state index is 13.2. The lowest BCUT2D eigenvalue weighted by molar-refractivity contribution is 0.414. The number of hydrogen-bond donors (Lipinski definition) is 1. The summed E-state index contributed by atoms with van der Waals surface area (Å²) < 4.78 is 18.4. The summed E-state index contributed by atoms with van der Waals surface area (Å²) in [5.74, 6) is 0.472. The first-order valence-corrected chi connectivity index (χ1v) is 7.27. The minimum absolute atomic E-state index is 0.144. The van der Waals surface area contributed by atoms with E-state index in [1.54, 1.807) is 19.2 Å². The number of aryl methyl sites for hydroxylation is 1. The molecule has 4 heteroatoms. The van der Waals surface area contributed by atoms with E-state index in [2.05, 4.69) is 17.4 Å². The molecule has 0 aliphatic carbocycles. The first-order valence-electron chi connectivity index (χ1n) is 6.89. The Morgan fingerprint density at radius 3 is 2.48 bits per heavy atom. The molecule has 0 radical (unpaired) electrons. The largest absolute Gasteiger partial charge is 0.497 e. The van der Waals surface area contributed by atoms with Gasteiger partial charge in [-0.05, 0) is 55.3 Å². The molecule has 0 fully saturated rings. The summed E-state index contributed by atoms with van der Waals surface area (Å²) in [5, 5.41) is 3.42. The minimum Gasteiger partial charge on any atom is -0.497 e. The zero-order valence-electron chi connectivity index (χ0n) is 12.2. The third kappa shape index (κ3) is 4.19. The van der Waals surface area contributed by atoms with Crippen molar-refractivity contribution in [1.29, 1.82) is 0 Å². The second kappa shape index (κ2) is 7.43. The Morgan fingerprint density at radius 2 is 1.90 bits per heavy atom. The van der Waals surface area contributed by atoms with Crippen molar-refractivity contribution in [2.45, 2.75) is 18.9 Å². The van der Waals surface area contributed by atoms with Gasteiger partial charge in [-0.1, -0.05) is 29.8 Å². The summed E-state index contributed by atoms with van der Waals surface area (Å²) in [5.41, 5.74) is 2.24. The number of ether oxygens (including phenoxy) is 1. The third-order valence-corrected chi connectivity index (χ3v) is 3.86. The molecule has 2 aromatic carbocycles. The Morgan fingerprint density at radius 1 is 1.19 bits per heavy atom. The van der Waals surface area contributed by atoms with Gasteiger partial charge in [-0.2, -0.15) is 0 Å². The Hall–Kier alpha value is -1.58. The van der Waals surface area contributed by atoms with Gasteiger partial charge in [0.05, 0.1) is 12.1 Å². The van der Waals surface area contributed by atoms with Crippen molar-refractivity contribution in [3.8, 4) is 5.75 Å². The van der Waals surface area contributed by atoms with Crippen molar-refractivity contribution in [3.63, 3.8) is 0 Å². The zero-order chi connectivity index (χ0) is 15.2. The molecule has 0 aliphatic heterocycles. The molecule has 0 spiro atoms. The molecule has 2 aromatic rings. The SMILES string of the molecule is CNC(CCc1ccc(OC)cc1)c1ccc(F)c(Cl)c1. The molecule has 0 amide bonds. The fourth-order valence-corrected chi connectivity index (χ4v) is 2.50. The van der Waals surface area contributed by atoms with E-state index < -0.39 is 0 Å². The molecular weight excluding hydrogens is 289 g/mol. The molecule has 2 rings (SSSR count). The van der Waals surface area contributed by atoms with Crippen molar-refractivity contribution in [2.24, 2.45) is 0 Å². The van der Waals surface area contributed by atoms with Crippen LogP contribution >= 0.6 is 11.6 Å². The van der Waals surface area contributed by atoms with Gasteiger partial charge in [-0.15, -0.1) is 0 Å². The molecule has 0 aliphatic rings. The molecule has 112 valence electrons. The van der Waals surface area contributed by atoms with Gasteiger partial charge < -0.3 is 10.1 Å². The summed E-state index contributed by atoms with van der Waals surface area (Å²) in [4.78, 5) is 0. The van der Waals surface area contributed by atoms with E-state index in [-0.39, 0.29) is 16.9 Å². The molecule has 0 bridgehead atoms. The second-order valence-corrected chi connectivity index (χ2v) is 5.31. The van der Waals surface area contributed by atoms with E-state index in [1.165, 1.54) is 11.6 Å². The number of nitrogens with one attached hydrogen (secondary N) is 1. The van der Waals surface area contributed by atoms with Crippen molar-refractivity contribution >= 4 is 11.6 Å². The predicted molar refractivity (Wildman–Crippen MR) is 84.5 cm³/mol. The van der Waals surface area contributed by atoms with Crippen molar-refractivity contribution in [2.75, 3.05) is 14.2 Å². The van der Waals surface area contributed by atoms with Gasteiger partial charge in [-0.25, -0.2) is 4.39 Å². The Labute approximate surface area is 129 Å². The van der Waals surface area contributed by atoms with Crippen molar-refractivity contribution in [3.05, 3.63) is 64.4 Å². The lowest BCUT2D eigenvalue weighted by atomic mass is 9.99. The van der Waals surface area contributed by atoms with Crippen LogP contribution in [0.5, 0.6) is 5.75 Å². The van der Waals surface area contributed by atoms with Gasteiger partial charge in [0.25, 0.3) is 0 Å². The topological polar surface area (TPSA) is 21.3 Å². The quantitative estimate of drug-likeness (QED) is 0.855. The monoisotopic (exact) mass is 307 g/mol. The maximum atomic E-state index is 13.2. The first-order chi connectivity index (χ1) is 10.1. The number of hydrogen-bond acceptors (Lipinski definition) is 2. The summed E-state index contributed by atoms with van der Waals surface area (Å²) in [6.45, 7) is 0. The molecular formula is C17H19ClFNO. The van der Waals surface area contributed by atoms with Crippen LogP contribution in [-0.2, 0) is 6.42 Å². The molecule has 2 nitrogen and oxygen atoms in total. The smallest absolute Gasteiger partial charge is 0.141 e. The predicted octanol–water partition coefficient (Wildman–Crippen LogP) is 4.38. The van der Waals surface area contributed by atoms with Crippen molar-refractivity contribution in [1.82, 2.24) is 5.32 Å². The Bertz CT molecular complexity index is 586. The summed E-state index contributed by atoms with van der Waals surface area (Å²) in [6, 6.07) is 13.0. The van der Waals surface area contributed by atoms with E-state index in [1.807, 2.05) is 19.2 Å². The summed E-state index contributed by atoms with van der Waals surface area (Å²) in [6.07, 6.45) is 1.83. The molecule has 0 aromatic heterocycles. The van der Waals surface area contributed by atoms with Crippen LogP contribution in [0.25, 0.3) is 0 Å². The zero-order valence-corrected chi connectivity index (χ0v) is 13.0. The van der Waals surface area contributed by atoms with Gasteiger partial charge >= 0.3 is 0 Å². The number of halogens is 2. The average molecular weight is 308 g/mol. The Balaban J connectivity index is 2.02. The van der Waals surface area contributed by atoms with Gasteiger partial charge in [0.15, 0.2) is 0 Å². The third-order valence-electron chi connectivity index (χ3n) is 3.58. The van der Waals surface area contributed by atoms with Crippen LogP contribution in [0.3, 0.4) is 0 Å². The second-order valence-electron chi connectivity index (χ2n) is 4.90.